The fourth-order valence-electron chi connectivity index (χ4n) is 1.47. The van der Waals surface area contributed by atoms with E-state index >= 15 is 0 Å². The molecular formula is C12H14FN3O. The average Bonchev–Trinajstić information content (AvgIpc) is 2.76. The normalized spacial score (nSPS) is 11.8. The van der Waals surface area contributed by atoms with Gasteiger partial charge in [-0.15, -0.1) is 0 Å². The highest BCUT2D eigenvalue weighted by atomic mass is 19.1. The summed E-state index contributed by atoms with van der Waals surface area (Å²) in [6.45, 7) is 3.24. The van der Waals surface area contributed by atoms with Crippen molar-refractivity contribution in [2.24, 2.45) is 5.73 Å². The van der Waals surface area contributed by atoms with E-state index in [0.717, 1.165) is 5.56 Å². The molecule has 0 aliphatic carbocycles. The predicted molar refractivity (Wildman–Crippen MR) is 61.8 cm³/mol. The zero-order valence-corrected chi connectivity index (χ0v) is 9.77. The minimum atomic E-state index is -1.35. The quantitative estimate of drug-likeness (QED) is 0.887. The molecule has 17 heavy (non-hydrogen) atoms. The Morgan fingerprint density at radius 3 is 2.41 bits per heavy atom. The zero-order chi connectivity index (χ0) is 12.5. The lowest BCUT2D eigenvalue weighted by Gasteiger charge is -2.14. The highest BCUT2D eigenvalue weighted by Gasteiger charge is 2.18. The summed E-state index contributed by atoms with van der Waals surface area (Å²) in [5, 5.41) is 3.79. The van der Waals surface area contributed by atoms with Crippen molar-refractivity contribution < 1.29 is 8.91 Å². The van der Waals surface area contributed by atoms with Gasteiger partial charge in [-0.3, -0.25) is 0 Å². The predicted octanol–water partition coefficient (Wildman–Crippen LogP) is 2.40. The van der Waals surface area contributed by atoms with Crippen LogP contribution in [0.15, 0.2) is 28.8 Å². The Kier molecular flexibility index (Phi) is 2.93. The third-order valence-electron chi connectivity index (χ3n) is 2.47. The lowest BCUT2D eigenvalue weighted by molar-refractivity contribution is 0.221. The summed E-state index contributed by atoms with van der Waals surface area (Å²) < 4.78 is 18.6. The summed E-state index contributed by atoms with van der Waals surface area (Å²) in [6.07, 6.45) is 0. The van der Waals surface area contributed by atoms with Crippen LogP contribution in [0.25, 0.3) is 11.4 Å². The van der Waals surface area contributed by atoms with Crippen molar-refractivity contribution in [2.45, 2.75) is 26.1 Å². The van der Waals surface area contributed by atoms with E-state index in [4.69, 9.17) is 10.3 Å². The van der Waals surface area contributed by atoms with E-state index in [1.807, 2.05) is 0 Å². The Morgan fingerprint density at radius 2 is 1.94 bits per heavy atom. The first kappa shape index (κ1) is 11.7. The van der Waals surface area contributed by atoms with Gasteiger partial charge < -0.3 is 10.3 Å². The number of hydrogen-bond donors (Lipinski definition) is 1. The van der Waals surface area contributed by atoms with Crippen LogP contribution in [0.3, 0.4) is 0 Å². The molecule has 1 aromatic carbocycles. The van der Waals surface area contributed by atoms with Crippen LogP contribution in [-0.2, 0) is 12.2 Å². The first-order chi connectivity index (χ1) is 8.00. The molecule has 2 aromatic rings. The molecule has 90 valence electrons. The molecule has 0 radical (unpaired) electrons. The van der Waals surface area contributed by atoms with Crippen molar-refractivity contribution in [1.82, 2.24) is 10.1 Å². The molecular weight excluding hydrogens is 221 g/mol. The van der Waals surface area contributed by atoms with Gasteiger partial charge in [0.2, 0.25) is 11.7 Å². The van der Waals surface area contributed by atoms with Crippen molar-refractivity contribution in [2.75, 3.05) is 0 Å². The molecule has 0 aliphatic rings. The Morgan fingerprint density at radius 1 is 1.29 bits per heavy atom. The van der Waals surface area contributed by atoms with Crippen LogP contribution in [0.4, 0.5) is 4.39 Å². The van der Waals surface area contributed by atoms with Crippen molar-refractivity contribution in [3.8, 4) is 11.4 Å². The van der Waals surface area contributed by atoms with Crippen molar-refractivity contribution in [3.05, 3.63) is 35.7 Å². The third kappa shape index (κ3) is 2.50. The number of halogens is 1. The van der Waals surface area contributed by atoms with Gasteiger partial charge >= 0.3 is 0 Å². The summed E-state index contributed by atoms with van der Waals surface area (Å²) in [5.74, 6) is 0.851. The van der Waals surface area contributed by atoms with Gasteiger partial charge in [0.15, 0.2) is 0 Å². The average molecular weight is 235 g/mol. The van der Waals surface area contributed by atoms with Crippen molar-refractivity contribution in [1.29, 1.82) is 0 Å². The second-order valence-electron chi connectivity index (χ2n) is 4.27. The lowest BCUT2D eigenvalue weighted by Crippen LogP contribution is -2.08. The second-order valence-corrected chi connectivity index (χ2v) is 4.27. The van der Waals surface area contributed by atoms with Crippen LogP contribution in [0, 0.1) is 0 Å². The zero-order valence-electron chi connectivity index (χ0n) is 9.77. The molecule has 0 saturated carbocycles. The molecule has 0 saturated heterocycles. The first-order valence-electron chi connectivity index (χ1n) is 5.33. The smallest absolute Gasteiger partial charge is 0.240 e. The summed E-state index contributed by atoms with van der Waals surface area (Å²) in [6, 6.07) is 6.96. The topological polar surface area (TPSA) is 64.9 Å². The second kappa shape index (κ2) is 4.25. The van der Waals surface area contributed by atoms with Crippen LogP contribution < -0.4 is 5.73 Å². The molecule has 0 amide bonds. The molecule has 2 N–H and O–H groups in total. The molecule has 0 bridgehead atoms. The van der Waals surface area contributed by atoms with E-state index in [9.17, 15) is 4.39 Å². The minimum absolute atomic E-state index is 0.211. The Bertz CT molecular complexity index is 499. The molecule has 1 aromatic heterocycles. The Hall–Kier alpha value is -1.75. The number of hydrogen-bond acceptors (Lipinski definition) is 4. The van der Waals surface area contributed by atoms with Crippen molar-refractivity contribution in [3.63, 3.8) is 0 Å². The molecule has 4 nitrogen and oxygen atoms in total. The van der Waals surface area contributed by atoms with Gasteiger partial charge in [-0.2, -0.15) is 4.98 Å². The molecule has 0 spiro atoms. The molecule has 1 heterocycles. The molecule has 0 aliphatic heterocycles. The standard InChI is InChI=1S/C12H14FN3O/c1-12(2,13)9-5-3-8(4-6-9)11-15-10(7-14)17-16-11/h3-6H,7,14H2,1-2H3. The minimum Gasteiger partial charge on any atom is -0.338 e. The fourth-order valence-corrected chi connectivity index (χ4v) is 1.47. The number of alkyl halides is 1. The SMILES string of the molecule is CC(C)(F)c1ccc(-c2noc(CN)n2)cc1. The summed E-state index contributed by atoms with van der Waals surface area (Å²) in [5.41, 5.74) is 5.42. The van der Waals surface area contributed by atoms with E-state index < -0.39 is 5.67 Å². The van der Waals surface area contributed by atoms with Gasteiger partial charge in [0.05, 0.1) is 6.54 Å². The first-order valence-corrected chi connectivity index (χ1v) is 5.33. The van der Waals surface area contributed by atoms with Gasteiger partial charge in [0, 0.05) is 5.56 Å². The van der Waals surface area contributed by atoms with Crippen LogP contribution in [0.5, 0.6) is 0 Å². The largest absolute Gasteiger partial charge is 0.338 e. The van der Waals surface area contributed by atoms with Gasteiger partial charge in [-0.05, 0) is 19.4 Å². The van der Waals surface area contributed by atoms with E-state index in [-0.39, 0.29) is 6.54 Å². The highest BCUT2D eigenvalue weighted by Crippen LogP contribution is 2.26. The maximum absolute atomic E-state index is 13.6. The van der Waals surface area contributed by atoms with Gasteiger partial charge in [-0.1, -0.05) is 29.4 Å². The van der Waals surface area contributed by atoms with Gasteiger partial charge in [-0.25, -0.2) is 4.39 Å². The Labute approximate surface area is 98.6 Å². The number of nitrogens with zero attached hydrogens (tertiary/aromatic N) is 2. The monoisotopic (exact) mass is 235 g/mol. The van der Waals surface area contributed by atoms with Crippen LogP contribution in [-0.4, -0.2) is 10.1 Å². The van der Waals surface area contributed by atoms with Gasteiger partial charge in [0.25, 0.3) is 0 Å². The van der Waals surface area contributed by atoms with Crippen LogP contribution in [0.2, 0.25) is 0 Å². The van der Waals surface area contributed by atoms with Crippen LogP contribution >= 0.6 is 0 Å². The highest BCUT2D eigenvalue weighted by molar-refractivity contribution is 5.54. The summed E-state index contributed by atoms with van der Waals surface area (Å²) >= 11 is 0. The molecule has 0 unspecified atom stereocenters. The lowest BCUT2D eigenvalue weighted by atomic mass is 9.99. The summed E-state index contributed by atoms with van der Waals surface area (Å²) in [4.78, 5) is 4.09. The fraction of sp³-hybridized carbons (Fsp3) is 0.333. The summed E-state index contributed by atoms with van der Waals surface area (Å²) in [7, 11) is 0. The molecule has 0 atom stereocenters. The number of nitrogens with two attached hydrogens (primary N) is 1. The molecule has 5 heteroatoms. The van der Waals surface area contributed by atoms with Crippen molar-refractivity contribution >= 4 is 0 Å². The van der Waals surface area contributed by atoms with E-state index in [1.165, 1.54) is 13.8 Å². The maximum atomic E-state index is 13.6. The molecule has 2 rings (SSSR count). The third-order valence-corrected chi connectivity index (χ3v) is 2.47. The number of rotatable bonds is 3. The van der Waals surface area contributed by atoms with E-state index in [0.29, 0.717) is 17.3 Å². The van der Waals surface area contributed by atoms with Crippen LogP contribution in [0.1, 0.15) is 25.3 Å². The molecule has 0 fully saturated rings. The number of benzene rings is 1. The van der Waals surface area contributed by atoms with E-state index in [1.54, 1.807) is 24.3 Å². The van der Waals surface area contributed by atoms with E-state index in [2.05, 4.69) is 10.1 Å². The maximum Gasteiger partial charge on any atom is 0.240 e. The van der Waals surface area contributed by atoms with Gasteiger partial charge in [0.1, 0.15) is 5.67 Å². The Balaban J connectivity index is 2.29. The number of aromatic nitrogens is 2.